The molecule has 0 N–H and O–H groups in total. The van der Waals surface area contributed by atoms with Gasteiger partial charge in [0, 0.05) is 17.5 Å². The molecule has 0 atom stereocenters. The zero-order valence-corrected chi connectivity index (χ0v) is 14.7. The Hall–Kier alpha value is -2.06. The van der Waals surface area contributed by atoms with Gasteiger partial charge in [-0.2, -0.15) is 13.2 Å². The van der Waals surface area contributed by atoms with Gasteiger partial charge >= 0.3 is 5.51 Å². The molecule has 0 saturated heterocycles. The number of hydrogen-bond acceptors (Lipinski definition) is 4. The number of thioether (sulfide) groups is 1. The van der Waals surface area contributed by atoms with Gasteiger partial charge < -0.3 is 4.90 Å². The molecule has 8 heteroatoms. The van der Waals surface area contributed by atoms with Crippen molar-refractivity contribution in [3.8, 4) is 0 Å². The third-order valence-electron chi connectivity index (χ3n) is 3.39. The second-order valence-corrected chi connectivity index (χ2v) is 7.56. The maximum atomic E-state index is 12.4. The van der Waals surface area contributed by atoms with E-state index in [1.54, 1.807) is 7.05 Å². The Kier molecular flexibility index (Phi) is 5.01. The Balaban J connectivity index is 1.69. The molecule has 0 aliphatic carbocycles. The lowest BCUT2D eigenvalue weighted by molar-refractivity contribution is -0.0328. The lowest BCUT2D eigenvalue weighted by Crippen LogP contribution is -2.26. The molecule has 3 rings (SSSR count). The molecule has 2 aromatic carbocycles. The summed E-state index contributed by atoms with van der Waals surface area (Å²) in [5, 5.41) is 0.807. The van der Waals surface area contributed by atoms with Crippen molar-refractivity contribution in [3.05, 3.63) is 59.1 Å². The molecule has 1 amide bonds. The lowest BCUT2D eigenvalue weighted by atomic mass is 10.2. The highest BCUT2D eigenvalue weighted by atomic mass is 32.2. The fourth-order valence-electron chi connectivity index (χ4n) is 2.28. The van der Waals surface area contributed by atoms with Gasteiger partial charge in [0.15, 0.2) is 0 Å². The Bertz CT molecular complexity index is 858. The van der Waals surface area contributed by atoms with Crippen LogP contribution in [0.4, 0.5) is 13.2 Å². The van der Waals surface area contributed by atoms with E-state index in [1.807, 2.05) is 24.3 Å². The van der Waals surface area contributed by atoms with Crippen molar-refractivity contribution in [2.75, 3.05) is 7.05 Å². The number of alkyl halides is 3. The molecule has 130 valence electrons. The summed E-state index contributed by atoms with van der Waals surface area (Å²) >= 11 is 1.31. The monoisotopic (exact) mass is 382 g/mol. The Labute approximate surface area is 150 Å². The molecular weight excluding hydrogens is 369 g/mol. The van der Waals surface area contributed by atoms with E-state index in [-0.39, 0.29) is 22.6 Å². The summed E-state index contributed by atoms with van der Waals surface area (Å²) in [6.45, 7) is 0.344. The number of hydrogen-bond donors (Lipinski definition) is 0. The number of halogens is 3. The molecule has 1 heterocycles. The second-order valence-electron chi connectivity index (χ2n) is 5.31. The fraction of sp³-hybridized carbons (Fsp3) is 0.176. The molecule has 0 aliphatic heterocycles. The van der Waals surface area contributed by atoms with Crippen molar-refractivity contribution in [3.63, 3.8) is 0 Å². The van der Waals surface area contributed by atoms with Gasteiger partial charge in [0.2, 0.25) is 0 Å². The van der Waals surface area contributed by atoms with Crippen LogP contribution < -0.4 is 0 Å². The molecule has 0 saturated carbocycles. The Morgan fingerprint density at radius 2 is 1.84 bits per heavy atom. The number of benzene rings is 2. The largest absolute Gasteiger partial charge is 0.446 e. The average molecular weight is 382 g/mol. The van der Waals surface area contributed by atoms with E-state index in [4.69, 9.17) is 0 Å². The lowest BCUT2D eigenvalue weighted by Gasteiger charge is -2.16. The zero-order chi connectivity index (χ0) is 18.0. The predicted molar refractivity (Wildman–Crippen MR) is 93.8 cm³/mol. The van der Waals surface area contributed by atoms with Crippen LogP contribution in [0.25, 0.3) is 10.2 Å². The third kappa shape index (κ3) is 4.52. The molecule has 3 nitrogen and oxygen atoms in total. The van der Waals surface area contributed by atoms with Crippen molar-refractivity contribution in [2.24, 2.45) is 0 Å². The maximum absolute atomic E-state index is 12.4. The summed E-state index contributed by atoms with van der Waals surface area (Å²) in [7, 11) is 1.65. The quantitative estimate of drug-likeness (QED) is 0.583. The van der Waals surface area contributed by atoms with Crippen LogP contribution in [0, 0.1) is 0 Å². The number of amides is 1. The van der Waals surface area contributed by atoms with E-state index in [9.17, 15) is 18.0 Å². The second kappa shape index (κ2) is 7.05. The van der Waals surface area contributed by atoms with Gasteiger partial charge in [-0.05, 0) is 48.2 Å². The number of thiazole rings is 1. The minimum Gasteiger partial charge on any atom is -0.335 e. The van der Waals surface area contributed by atoms with Gasteiger partial charge in [-0.3, -0.25) is 4.79 Å². The summed E-state index contributed by atoms with van der Waals surface area (Å²) in [5.74, 6) is -0.261. The first-order valence-corrected chi connectivity index (χ1v) is 8.91. The van der Waals surface area contributed by atoms with E-state index in [0.29, 0.717) is 12.1 Å². The normalized spacial score (nSPS) is 11.7. The molecule has 25 heavy (non-hydrogen) atoms. The topological polar surface area (TPSA) is 33.2 Å². The predicted octanol–water partition coefficient (Wildman–Crippen LogP) is 5.18. The standard InChI is InChI=1S/C17H13F3N2OS2/c1-22(10-15-21-13-4-2-3-5-14(13)24-15)16(23)11-6-8-12(9-7-11)25-17(18,19)20/h2-9H,10H2,1H3. The van der Waals surface area contributed by atoms with Crippen LogP contribution in [-0.4, -0.2) is 28.3 Å². The van der Waals surface area contributed by atoms with Crippen molar-refractivity contribution in [1.82, 2.24) is 9.88 Å². The molecule has 0 aliphatic rings. The van der Waals surface area contributed by atoms with Gasteiger partial charge in [-0.25, -0.2) is 4.98 Å². The van der Waals surface area contributed by atoms with Gasteiger partial charge in [0.05, 0.1) is 16.8 Å². The highest BCUT2D eigenvalue weighted by Gasteiger charge is 2.29. The minimum absolute atomic E-state index is 0.0536. The first-order chi connectivity index (χ1) is 11.8. The van der Waals surface area contributed by atoms with Gasteiger partial charge in [0.1, 0.15) is 5.01 Å². The van der Waals surface area contributed by atoms with Crippen LogP contribution in [0.2, 0.25) is 0 Å². The Morgan fingerprint density at radius 3 is 2.48 bits per heavy atom. The van der Waals surface area contributed by atoms with Gasteiger partial charge in [0.25, 0.3) is 5.91 Å². The molecule has 3 aromatic rings. The van der Waals surface area contributed by atoms with Crippen molar-refractivity contribution >= 4 is 39.2 Å². The van der Waals surface area contributed by atoms with Gasteiger partial charge in [-0.15, -0.1) is 11.3 Å². The summed E-state index contributed by atoms with van der Waals surface area (Å²) in [6.07, 6.45) is 0. The van der Waals surface area contributed by atoms with Crippen molar-refractivity contribution in [2.45, 2.75) is 16.9 Å². The van der Waals surface area contributed by atoms with Crippen molar-refractivity contribution < 1.29 is 18.0 Å². The number of carbonyl (C=O) groups is 1. The zero-order valence-electron chi connectivity index (χ0n) is 13.1. The highest BCUT2D eigenvalue weighted by Crippen LogP contribution is 2.36. The summed E-state index contributed by atoms with van der Waals surface area (Å²) in [4.78, 5) is 18.5. The molecule has 0 unspecified atom stereocenters. The van der Waals surface area contributed by atoms with E-state index in [1.165, 1.54) is 40.5 Å². The molecular formula is C17H13F3N2OS2. The molecule has 0 bridgehead atoms. The van der Waals surface area contributed by atoms with Crippen LogP contribution in [0.1, 0.15) is 15.4 Å². The van der Waals surface area contributed by atoms with E-state index in [2.05, 4.69) is 4.98 Å². The number of fused-ring (bicyclic) bond motifs is 1. The number of aromatic nitrogens is 1. The summed E-state index contributed by atoms with van der Waals surface area (Å²) in [5.41, 5.74) is -3.11. The van der Waals surface area contributed by atoms with Crippen LogP contribution >= 0.6 is 23.1 Å². The number of rotatable bonds is 4. The Morgan fingerprint density at radius 1 is 1.16 bits per heavy atom. The van der Waals surface area contributed by atoms with E-state index in [0.717, 1.165) is 15.2 Å². The van der Waals surface area contributed by atoms with Crippen LogP contribution in [-0.2, 0) is 6.54 Å². The smallest absolute Gasteiger partial charge is 0.335 e. The SMILES string of the molecule is CN(Cc1nc2ccccc2s1)C(=O)c1ccc(SC(F)(F)F)cc1. The molecule has 0 spiro atoms. The summed E-state index contributed by atoms with van der Waals surface area (Å²) < 4.78 is 38.1. The van der Waals surface area contributed by atoms with Crippen LogP contribution in [0.15, 0.2) is 53.4 Å². The fourth-order valence-corrected chi connectivity index (χ4v) is 3.84. The molecule has 1 aromatic heterocycles. The first-order valence-electron chi connectivity index (χ1n) is 7.27. The number of nitrogens with zero attached hydrogens (tertiary/aromatic N) is 2. The van der Waals surface area contributed by atoms with Gasteiger partial charge in [-0.1, -0.05) is 12.1 Å². The first kappa shape index (κ1) is 17.8. The maximum Gasteiger partial charge on any atom is 0.446 e. The molecule has 0 fully saturated rings. The highest BCUT2D eigenvalue weighted by molar-refractivity contribution is 8.00. The van der Waals surface area contributed by atoms with E-state index < -0.39 is 5.51 Å². The minimum atomic E-state index is -4.34. The van der Waals surface area contributed by atoms with E-state index >= 15 is 0 Å². The summed E-state index contributed by atoms with van der Waals surface area (Å²) in [6, 6.07) is 13.1. The molecule has 0 radical (unpaired) electrons. The van der Waals surface area contributed by atoms with Crippen LogP contribution in [0.3, 0.4) is 0 Å². The number of para-hydroxylation sites is 1. The third-order valence-corrected chi connectivity index (χ3v) is 5.15. The number of carbonyl (C=O) groups excluding carboxylic acids is 1. The van der Waals surface area contributed by atoms with Crippen LogP contribution in [0.5, 0.6) is 0 Å². The average Bonchev–Trinajstić information content (AvgIpc) is 2.95. The van der Waals surface area contributed by atoms with Crippen molar-refractivity contribution in [1.29, 1.82) is 0 Å².